The Balaban J connectivity index is 1.63. The summed E-state index contributed by atoms with van der Waals surface area (Å²) < 4.78 is 0. The Kier molecular flexibility index (Phi) is 4.25. The van der Waals surface area contributed by atoms with Crippen LogP contribution in [0, 0.1) is 11.8 Å². The largest absolute Gasteiger partial charge is 0.356 e. The fourth-order valence-electron chi connectivity index (χ4n) is 2.66. The number of aromatic nitrogens is 1. The molecule has 3 nitrogen and oxygen atoms in total. The highest BCUT2D eigenvalue weighted by Crippen LogP contribution is 2.35. The predicted molar refractivity (Wildman–Crippen MR) is 83.9 cm³/mol. The van der Waals surface area contributed by atoms with E-state index in [0.29, 0.717) is 0 Å². The molecule has 1 unspecified atom stereocenters. The molecule has 1 aromatic rings. The molecule has 0 radical (unpaired) electrons. The first kappa shape index (κ1) is 13.9. The average Bonchev–Trinajstić information content (AvgIpc) is 3.34. The molecular weight excluding hydrogens is 246 g/mol. The van der Waals surface area contributed by atoms with Crippen molar-refractivity contribution in [3.63, 3.8) is 0 Å². The van der Waals surface area contributed by atoms with Crippen LogP contribution in [0.15, 0.2) is 18.3 Å². The minimum Gasteiger partial charge on any atom is -0.356 e. The maximum atomic E-state index is 6.01. The molecule has 2 N–H and O–H groups in total. The second-order valence-corrected chi connectivity index (χ2v) is 6.69. The van der Waals surface area contributed by atoms with Gasteiger partial charge in [0.05, 0.1) is 0 Å². The van der Waals surface area contributed by atoms with Gasteiger partial charge >= 0.3 is 0 Å². The zero-order valence-electron chi connectivity index (χ0n) is 12.6. The Morgan fingerprint density at radius 3 is 2.30 bits per heavy atom. The fraction of sp³-hybridized carbons (Fsp3) is 0.706. The lowest BCUT2D eigenvalue weighted by atomic mass is 10.1. The normalized spacial score (nSPS) is 19.9. The molecule has 2 saturated carbocycles. The third-order valence-corrected chi connectivity index (χ3v) is 4.51. The highest BCUT2D eigenvalue weighted by Gasteiger charge is 2.29. The van der Waals surface area contributed by atoms with Crippen molar-refractivity contribution in [1.82, 2.24) is 4.98 Å². The highest BCUT2D eigenvalue weighted by molar-refractivity contribution is 5.40. The molecule has 1 heterocycles. The van der Waals surface area contributed by atoms with Crippen LogP contribution in [-0.2, 0) is 6.42 Å². The zero-order valence-corrected chi connectivity index (χ0v) is 12.6. The molecule has 110 valence electrons. The summed E-state index contributed by atoms with van der Waals surface area (Å²) in [5.41, 5.74) is 7.28. The Bertz CT molecular complexity index is 406. The first-order chi connectivity index (χ1) is 9.74. The molecule has 20 heavy (non-hydrogen) atoms. The van der Waals surface area contributed by atoms with E-state index in [4.69, 9.17) is 10.7 Å². The van der Waals surface area contributed by atoms with E-state index in [2.05, 4.69) is 24.0 Å². The Morgan fingerprint density at radius 1 is 1.20 bits per heavy atom. The van der Waals surface area contributed by atoms with Crippen LogP contribution < -0.4 is 10.6 Å². The van der Waals surface area contributed by atoms with Crippen molar-refractivity contribution in [3.05, 3.63) is 23.9 Å². The summed E-state index contributed by atoms with van der Waals surface area (Å²) in [6, 6.07) is 4.67. The zero-order chi connectivity index (χ0) is 13.9. The summed E-state index contributed by atoms with van der Waals surface area (Å²) in [6.45, 7) is 4.55. The van der Waals surface area contributed by atoms with Gasteiger partial charge in [-0.1, -0.05) is 13.0 Å². The molecule has 0 spiro atoms. The number of hydrogen-bond acceptors (Lipinski definition) is 3. The minimum atomic E-state index is 0.261. The van der Waals surface area contributed by atoms with Crippen molar-refractivity contribution >= 4 is 5.82 Å². The third kappa shape index (κ3) is 3.95. The van der Waals surface area contributed by atoms with E-state index in [0.717, 1.165) is 30.5 Å². The number of hydrogen-bond donors (Lipinski definition) is 1. The van der Waals surface area contributed by atoms with Gasteiger partial charge in [0.1, 0.15) is 5.82 Å². The van der Waals surface area contributed by atoms with Crippen LogP contribution in [0.5, 0.6) is 0 Å². The molecular formula is C17H27N3. The maximum Gasteiger partial charge on any atom is 0.128 e. The topological polar surface area (TPSA) is 42.1 Å². The van der Waals surface area contributed by atoms with Gasteiger partial charge in [0.2, 0.25) is 0 Å². The molecule has 2 fully saturated rings. The Hall–Kier alpha value is -1.09. The summed E-state index contributed by atoms with van der Waals surface area (Å²) in [7, 11) is 0. The van der Waals surface area contributed by atoms with E-state index in [1.807, 2.05) is 6.20 Å². The van der Waals surface area contributed by atoms with Gasteiger partial charge in [0.15, 0.2) is 0 Å². The van der Waals surface area contributed by atoms with E-state index in [1.54, 1.807) is 0 Å². The average molecular weight is 273 g/mol. The fourth-order valence-corrected chi connectivity index (χ4v) is 2.66. The van der Waals surface area contributed by atoms with Crippen molar-refractivity contribution in [1.29, 1.82) is 0 Å². The second-order valence-electron chi connectivity index (χ2n) is 6.69. The summed E-state index contributed by atoms with van der Waals surface area (Å²) in [5, 5.41) is 0. The second kappa shape index (κ2) is 6.13. The van der Waals surface area contributed by atoms with Gasteiger partial charge in [0.25, 0.3) is 0 Å². The van der Waals surface area contributed by atoms with E-state index >= 15 is 0 Å². The Labute approximate surface area is 122 Å². The van der Waals surface area contributed by atoms with Crippen LogP contribution in [0.4, 0.5) is 5.82 Å². The first-order valence-corrected chi connectivity index (χ1v) is 8.20. The van der Waals surface area contributed by atoms with Gasteiger partial charge in [-0.25, -0.2) is 4.98 Å². The molecule has 0 saturated heterocycles. The lowest BCUT2D eigenvalue weighted by Crippen LogP contribution is -2.29. The molecule has 0 aromatic carbocycles. The van der Waals surface area contributed by atoms with Crippen LogP contribution in [0.25, 0.3) is 0 Å². The van der Waals surface area contributed by atoms with Crippen molar-refractivity contribution in [2.24, 2.45) is 17.6 Å². The molecule has 1 atom stereocenters. The number of nitrogens with zero attached hydrogens (tertiary/aromatic N) is 2. The van der Waals surface area contributed by atoms with Crippen LogP contribution in [-0.4, -0.2) is 24.1 Å². The number of nitrogens with two attached hydrogens (primary N) is 1. The van der Waals surface area contributed by atoms with Crippen molar-refractivity contribution < 1.29 is 0 Å². The van der Waals surface area contributed by atoms with Gasteiger partial charge in [-0.3, -0.25) is 0 Å². The van der Waals surface area contributed by atoms with E-state index in [-0.39, 0.29) is 6.04 Å². The smallest absolute Gasteiger partial charge is 0.128 e. The summed E-state index contributed by atoms with van der Waals surface area (Å²) in [4.78, 5) is 7.21. The van der Waals surface area contributed by atoms with Gasteiger partial charge in [0, 0.05) is 25.3 Å². The van der Waals surface area contributed by atoms with Crippen molar-refractivity contribution in [3.8, 4) is 0 Å². The van der Waals surface area contributed by atoms with Gasteiger partial charge in [-0.15, -0.1) is 0 Å². The van der Waals surface area contributed by atoms with Gasteiger partial charge < -0.3 is 10.6 Å². The lowest BCUT2D eigenvalue weighted by Gasteiger charge is -2.24. The standard InChI is InChI=1S/C17H27N3/c1-2-16(18)9-15-7-8-17(19-10-15)20(11-13-3-4-13)12-14-5-6-14/h7-8,10,13-14,16H,2-6,9,11-12,18H2,1H3. The highest BCUT2D eigenvalue weighted by atomic mass is 15.2. The summed E-state index contributed by atoms with van der Waals surface area (Å²) in [5.74, 6) is 3.00. The molecule has 3 rings (SSSR count). The quantitative estimate of drug-likeness (QED) is 0.791. The monoisotopic (exact) mass is 273 g/mol. The van der Waals surface area contributed by atoms with Crippen LogP contribution >= 0.6 is 0 Å². The molecule has 1 aromatic heterocycles. The number of rotatable bonds is 8. The van der Waals surface area contributed by atoms with Crippen molar-refractivity contribution in [2.75, 3.05) is 18.0 Å². The summed E-state index contributed by atoms with van der Waals surface area (Å²) in [6.07, 6.45) is 9.62. The molecule has 0 aliphatic heterocycles. The van der Waals surface area contributed by atoms with Crippen LogP contribution in [0.1, 0.15) is 44.6 Å². The predicted octanol–water partition coefficient (Wildman–Crippen LogP) is 2.99. The van der Waals surface area contributed by atoms with E-state index in [1.165, 1.54) is 44.3 Å². The SMILES string of the molecule is CCC(N)Cc1ccc(N(CC2CC2)CC2CC2)nc1. The maximum absolute atomic E-state index is 6.01. The molecule has 0 bridgehead atoms. The van der Waals surface area contributed by atoms with Gasteiger partial charge in [-0.05, 0) is 62.0 Å². The molecule has 0 amide bonds. The molecule has 2 aliphatic rings. The van der Waals surface area contributed by atoms with Crippen molar-refractivity contribution in [2.45, 2.75) is 51.5 Å². The third-order valence-electron chi connectivity index (χ3n) is 4.51. The number of anilines is 1. The summed E-state index contributed by atoms with van der Waals surface area (Å²) >= 11 is 0. The van der Waals surface area contributed by atoms with Gasteiger partial charge in [-0.2, -0.15) is 0 Å². The number of pyridine rings is 1. The molecule has 3 heteroatoms. The Morgan fingerprint density at radius 2 is 1.85 bits per heavy atom. The molecule has 2 aliphatic carbocycles. The first-order valence-electron chi connectivity index (χ1n) is 8.20. The van der Waals surface area contributed by atoms with E-state index in [9.17, 15) is 0 Å². The van der Waals surface area contributed by atoms with E-state index < -0.39 is 0 Å². The van der Waals surface area contributed by atoms with Crippen LogP contribution in [0.2, 0.25) is 0 Å². The minimum absolute atomic E-state index is 0.261. The van der Waals surface area contributed by atoms with Crippen LogP contribution in [0.3, 0.4) is 0 Å². The lowest BCUT2D eigenvalue weighted by molar-refractivity contribution is 0.643.